The number of aromatic nitrogens is 4. The summed E-state index contributed by atoms with van der Waals surface area (Å²) in [6.07, 6.45) is 5.85. The molecule has 0 unspecified atom stereocenters. The van der Waals surface area contributed by atoms with E-state index in [9.17, 15) is 0 Å². The molecule has 0 aliphatic carbocycles. The molecule has 0 amide bonds. The Hall–Kier alpha value is -2.04. The van der Waals surface area contributed by atoms with Gasteiger partial charge in [0.25, 0.3) is 0 Å². The fraction of sp³-hybridized carbons (Fsp3) is 0.333. The second kappa shape index (κ2) is 4.86. The van der Waals surface area contributed by atoms with Gasteiger partial charge in [-0.1, -0.05) is 6.92 Å². The second-order valence-electron chi connectivity index (χ2n) is 3.65. The summed E-state index contributed by atoms with van der Waals surface area (Å²) in [5, 5.41) is 3.10. The highest BCUT2D eigenvalue weighted by Gasteiger charge is 2.11. The number of nitrogens with zero attached hydrogens (tertiary/aromatic N) is 4. The van der Waals surface area contributed by atoms with Crippen LogP contribution in [0.2, 0.25) is 0 Å². The third-order valence-corrected chi connectivity index (χ3v) is 2.60. The molecular weight excluding hydrogens is 214 g/mol. The molecule has 2 aromatic heterocycles. The highest BCUT2D eigenvalue weighted by atomic mass is 15.0. The number of anilines is 1. The summed E-state index contributed by atoms with van der Waals surface area (Å²) in [6, 6.07) is 0. The van der Waals surface area contributed by atoms with Gasteiger partial charge in [0.2, 0.25) is 0 Å². The van der Waals surface area contributed by atoms with Crippen molar-refractivity contribution in [1.82, 2.24) is 19.9 Å². The van der Waals surface area contributed by atoms with E-state index in [2.05, 4.69) is 32.2 Å². The molecule has 5 heteroatoms. The standard InChI is InChI=1S/C12H15N5/c1-4-9-8(2)16-12(17-11(9)13-3)10-7-14-5-6-15-10/h5-7H,4H2,1-3H3,(H,13,16,17). The van der Waals surface area contributed by atoms with Crippen molar-refractivity contribution in [3.63, 3.8) is 0 Å². The van der Waals surface area contributed by atoms with Gasteiger partial charge in [-0.05, 0) is 13.3 Å². The molecule has 0 fully saturated rings. The Balaban J connectivity index is 2.54. The Morgan fingerprint density at radius 2 is 2.06 bits per heavy atom. The van der Waals surface area contributed by atoms with Gasteiger partial charge >= 0.3 is 0 Å². The van der Waals surface area contributed by atoms with Crippen molar-refractivity contribution in [2.45, 2.75) is 20.3 Å². The zero-order chi connectivity index (χ0) is 12.3. The minimum atomic E-state index is 0.608. The average Bonchev–Trinajstić information content (AvgIpc) is 2.38. The molecule has 0 aliphatic heterocycles. The van der Waals surface area contributed by atoms with E-state index in [1.165, 1.54) is 0 Å². The summed E-state index contributed by atoms with van der Waals surface area (Å²) >= 11 is 0. The Morgan fingerprint density at radius 1 is 1.24 bits per heavy atom. The molecule has 0 bridgehead atoms. The number of aryl methyl sites for hydroxylation is 1. The molecule has 0 aliphatic rings. The molecule has 5 nitrogen and oxygen atoms in total. The van der Waals surface area contributed by atoms with Crippen LogP contribution in [0, 0.1) is 6.92 Å². The molecule has 88 valence electrons. The van der Waals surface area contributed by atoms with E-state index in [1.807, 2.05) is 14.0 Å². The first kappa shape index (κ1) is 11.4. The third-order valence-electron chi connectivity index (χ3n) is 2.60. The van der Waals surface area contributed by atoms with Crippen LogP contribution in [0.4, 0.5) is 5.82 Å². The van der Waals surface area contributed by atoms with Crippen molar-refractivity contribution in [2.24, 2.45) is 0 Å². The van der Waals surface area contributed by atoms with Crippen molar-refractivity contribution in [3.8, 4) is 11.5 Å². The maximum atomic E-state index is 4.47. The summed E-state index contributed by atoms with van der Waals surface area (Å²) < 4.78 is 0. The molecule has 0 spiro atoms. The average molecular weight is 229 g/mol. The Labute approximate surface area is 100 Å². The first-order valence-electron chi connectivity index (χ1n) is 5.58. The highest BCUT2D eigenvalue weighted by molar-refractivity contribution is 5.55. The van der Waals surface area contributed by atoms with Crippen molar-refractivity contribution in [1.29, 1.82) is 0 Å². The van der Waals surface area contributed by atoms with E-state index in [0.29, 0.717) is 11.5 Å². The summed E-state index contributed by atoms with van der Waals surface area (Å²) in [6.45, 7) is 4.08. The lowest BCUT2D eigenvalue weighted by Crippen LogP contribution is -2.05. The van der Waals surface area contributed by atoms with E-state index < -0.39 is 0 Å². The van der Waals surface area contributed by atoms with E-state index in [-0.39, 0.29) is 0 Å². The van der Waals surface area contributed by atoms with Gasteiger partial charge in [-0.15, -0.1) is 0 Å². The van der Waals surface area contributed by atoms with Gasteiger partial charge in [-0.25, -0.2) is 15.0 Å². The molecule has 0 saturated heterocycles. The number of hydrogen-bond acceptors (Lipinski definition) is 5. The summed E-state index contributed by atoms with van der Waals surface area (Å²) in [7, 11) is 1.86. The molecule has 0 radical (unpaired) electrons. The van der Waals surface area contributed by atoms with Crippen molar-refractivity contribution >= 4 is 5.82 Å². The molecule has 2 rings (SSSR count). The minimum Gasteiger partial charge on any atom is -0.373 e. The maximum Gasteiger partial charge on any atom is 0.182 e. The maximum absolute atomic E-state index is 4.47. The predicted molar refractivity (Wildman–Crippen MR) is 66.7 cm³/mol. The van der Waals surface area contributed by atoms with Crippen LogP contribution in [0.25, 0.3) is 11.5 Å². The van der Waals surface area contributed by atoms with Gasteiger partial charge in [0.1, 0.15) is 11.5 Å². The smallest absolute Gasteiger partial charge is 0.182 e. The molecule has 0 atom stereocenters. The number of rotatable bonds is 3. The van der Waals surface area contributed by atoms with Gasteiger partial charge in [-0.2, -0.15) is 0 Å². The zero-order valence-corrected chi connectivity index (χ0v) is 10.2. The van der Waals surface area contributed by atoms with E-state index in [0.717, 1.165) is 23.5 Å². The molecule has 0 saturated carbocycles. The first-order chi connectivity index (χ1) is 8.26. The fourth-order valence-electron chi connectivity index (χ4n) is 1.76. The monoisotopic (exact) mass is 229 g/mol. The van der Waals surface area contributed by atoms with Gasteiger partial charge in [0, 0.05) is 30.7 Å². The van der Waals surface area contributed by atoms with Crippen molar-refractivity contribution < 1.29 is 0 Å². The largest absolute Gasteiger partial charge is 0.373 e. The lowest BCUT2D eigenvalue weighted by molar-refractivity contribution is 0.992. The molecular formula is C12H15N5. The quantitative estimate of drug-likeness (QED) is 0.870. The molecule has 2 aromatic rings. The predicted octanol–water partition coefficient (Wildman–Crippen LogP) is 1.85. The van der Waals surface area contributed by atoms with E-state index >= 15 is 0 Å². The van der Waals surface area contributed by atoms with Crippen molar-refractivity contribution in [2.75, 3.05) is 12.4 Å². The lowest BCUT2D eigenvalue weighted by Gasteiger charge is -2.10. The topological polar surface area (TPSA) is 63.6 Å². The van der Waals surface area contributed by atoms with Gasteiger partial charge < -0.3 is 5.32 Å². The van der Waals surface area contributed by atoms with Gasteiger partial charge in [0.05, 0.1) is 6.20 Å². The Bertz CT molecular complexity index is 510. The number of hydrogen-bond donors (Lipinski definition) is 1. The Morgan fingerprint density at radius 3 is 2.65 bits per heavy atom. The third kappa shape index (κ3) is 2.22. The molecule has 2 heterocycles. The summed E-state index contributed by atoms with van der Waals surface area (Å²) in [5.74, 6) is 1.47. The first-order valence-corrected chi connectivity index (χ1v) is 5.58. The highest BCUT2D eigenvalue weighted by Crippen LogP contribution is 2.20. The van der Waals surface area contributed by atoms with Crippen LogP contribution < -0.4 is 5.32 Å². The normalized spacial score (nSPS) is 10.3. The van der Waals surface area contributed by atoms with Crippen LogP contribution >= 0.6 is 0 Å². The summed E-state index contributed by atoms with van der Waals surface area (Å²) in [5.41, 5.74) is 2.81. The van der Waals surface area contributed by atoms with Crippen molar-refractivity contribution in [3.05, 3.63) is 29.8 Å². The second-order valence-corrected chi connectivity index (χ2v) is 3.65. The fourth-order valence-corrected chi connectivity index (χ4v) is 1.76. The van der Waals surface area contributed by atoms with Gasteiger partial charge in [-0.3, -0.25) is 4.98 Å². The van der Waals surface area contributed by atoms with Crippen LogP contribution in [0.15, 0.2) is 18.6 Å². The molecule has 17 heavy (non-hydrogen) atoms. The van der Waals surface area contributed by atoms with Crippen LogP contribution in [0.1, 0.15) is 18.2 Å². The molecule has 1 N–H and O–H groups in total. The van der Waals surface area contributed by atoms with Crippen LogP contribution in [-0.2, 0) is 6.42 Å². The summed E-state index contributed by atoms with van der Waals surface area (Å²) in [4.78, 5) is 17.2. The van der Waals surface area contributed by atoms with Gasteiger partial charge in [0.15, 0.2) is 5.82 Å². The van der Waals surface area contributed by atoms with E-state index in [4.69, 9.17) is 0 Å². The molecule has 0 aromatic carbocycles. The number of nitrogens with one attached hydrogen (secondary N) is 1. The zero-order valence-electron chi connectivity index (χ0n) is 10.2. The van der Waals surface area contributed by atoms with Crippen LogP contribution in [0.3, 0.4) is 0 Å². The van der Waals surface area contributed by atoms with Crippen LogP contribution in [0.5, 0.6) is 0 Å². The Kier molecular flexibility index (Phi) is 3.27. The minimum absolute atomic E-state index is 0.608. The van der Waals surface area contributed by atoms with Crippen LogP contribution in [-0.4, -0.2) is 27.0 Å². The van der Waals surface area contributed by atoms with E-state index in [1.54, 1.807) is 18.6 Å². The SMILES string of the molecule is CCc1c(C)nc(-c2cnccn2)nc1NC. The lowest BCUT2D eigenvalue weighted by atomic mass is 10.1.